The van der Waals surface area contributed by atoms with Gasteiger partial charge in [-0.2, -0.15) is 0 Å². The van der Waals surface area contributed by atoms with Crippen molar-refractivity contribution in [2.24, 2.45) is 0 Å². The Balaban J connectivity index is 1.58. The average Bonchev–Trinajstić information content (AvgIpc) is 3.02. The van der Waals surface area contributed by atoms with E-state index in [1.165, 1.54) is 41.0 Å². The van der Waals surface area contributed by atoms with Crippen LogP contribution in [0.15, 0.2) is 36.4 Å². The minimum absolute atomic E-state index is 0.0173. The summed E-state index contributed by atoms with van der Waals surface area (Å²) in [5.41, 5.74) is 3.85. The number of nitrogens with one attached hydrogen (secondary N) is 1. The molecule has 3 aromatic rings. The third-order valence-electron chi connectivity index (χ3n) is 4.41. The maximum atomic E-state index is 12.5. The molecule has 0 bridgehead atoms. The highest BCUT2D eigenvalue weighted by Crippen LogP contribution is 2.29. The first-order chi connectivity index (χ1) is 12.1. The molecule has 2 aromatic carbocycles. The summed E-state index contributed by atoms with van der Waals surface area (Å²) in [6.07, 6.45) is 4.46. The lowest BCUT2D eigenvalue weighted by Gasteiger charge is -2.16. The molecule has 25 heavy (non-hydrogen) atoms. The van der Waals surface area contributed by atoms with Gasteiger partial charge in [0, 0.05) is 17.7 Å². The number of nitro benzene ring substituents is 1. The molecule has 0 fully saturated rings. The molecule has 126 valence electrons. The normalized spacial score (nSPS) is 13.4. The van der Waals surface area contributed by atoms with Gasteiger partial charge in [-0.15, -0.1) is 0 Å². The number of fused-ring (bicyclic) bond motifs is 2. The number of aryl methyl sites for hydroxylation is 2. The van der Waals surface area contributed by atoms with Crippen LogP contribution in [0.25, 0.3) is 10.2 Å². The summed E-state index contributed by atoms with van der Waals surface area (Å²) in [5, 5.41) is 14.1. The van der Waals surface area contributed by atoms with Crippen molar-refractivity contribution in [3.8, 4) is 0 Å². The van der Waals surface area contributed by atoms with E-state index in [-0.39, 0.29) is 11.6 Å². The molecule has 1 N–H and O–H groups in total. The summed E-state index contributed by atoms with van der Waals surface area (Å²) < 4.78 is 0.676. The topological polar surface area (TPSA) is 85.1 Å². The van der Waals surface area contributed by atoms with Gasteiger partial charge in [-0.1, -0.05) is 17.4 Å². The summed E-state index contributed by atoms with van der Waals surface area (Å²) in [4.78, 5) is 27.2. The fourth-order valence-electron chi connectivity index (χ4n) is 3.12. The lowest BCUT2D eigenvalue weighted by atomic mass is 9.90. The van der Waals surface area contributed by atoms with Crippen LogP contribution in [0.4, 0.5) is 10.8 Å². The Morgan fingerprint density at radius 2 is 1.92 bits per heavy atom. The third-order valence-corrected chi connectivity index (χ3v) is 5.35. The molecule has 0 spiro atoms. The number of anilines is 1. The molecule has 0 saturated heterocycles. The van der Waals surface area contributed by atoms with Gasteiger partial charge < -0.3 is 0 Å². The van der Waals surface area contributed by atoms with Crippen molar-refractivity contribution in [3.05, 3.63) is 63.2 Å². The first-order valence-corrected chi connectivity index (χ1v) is 8.90. The Labute approximate surface area is 147 Å². The lowest BCUT2D eigenvalue weighted by Crippen LogP contribution is -2.13. The van der Waals surface area contributed by atoms with Crippen LogP contribution in [0.5, 0.6) is 0 Å². The highest BCUT2D eigenvalue weighted by Gasteiger charge is 2.15. The molecule has 1 heterocycles. The predicted molar refractivity (Wildman–Crippen MR) is 97.3 cm³/mol. The summed E-state index contributed by atoms with van der Waals surface area (Å²) in [5.74, 6) is -0.207. The molecule has 1 aliphatic carbocycles. The first-order valence-electron chi connectivity index (χ1n) is 8.08. The fraction of sp³-hybridized carbons (Fsp3) is 0.222. The molecule has 0 aliphatic heterocycles. The van der Waals surface area contributed by atoms with Crippen LogP contribution in [-0.4, -0.2) is 15.8 Å². The van der Waals surface area contributed by atoms with Crippen molar-refractivity contribution < 1.29 is 9.72 Å². The van der Waals surface area contributed by atoms with E-state index in [9.17, 15) is 14.9 Å². The molecule has 0 radical (unpaired) electrons. The summed E-state index contributed by atoms with van der Waals surface area (Å²) >= 11 is 1.23. The summed E-state index contributed by atoms with van der Waals surface area (Å²) in [7, 11) is 0. The van der Waals surface area contributed by atoms with Crippen LogP contribution in [0.3, 0.4) is 0 Å². The van der Waals surface area contributed by atoms with Crippen molar-refractivity contribution in [1.29, 1.82) is 0 Å². The van der Waals surface area contributed by atoms with Crippen LogP contribution < -0.4 is 5.32 Å². The SMILES string of the molecule is O=C(Nc1nc2ccc([N+](=O)[O-])cc2s1)c1ccc2c(c1)CCCC2. The highest BCUT2D eigenvalue weighted by molar-refractivity contribution is 7.22. The number of nitrogens with zero attached hydrogens (tertiary/aromatic N) is 2. The van der Waals surface area contributed by atoms with Gasteiger partial charge in [-0.3, -0.25) is 20.2 Å². The number of aromatic nitrogens is 1. The van der Waals surface area contributed by atoms with E-state index in [1.807, 2.05) is 18.2 Å². The number of nitro groups is 1. The molecule has 7 heteroatoms. The van der Waals surface area contributed by atoms with Gasteiger partial charge in [0.05, 0.1) is 15.1 Å². The van der Waals surface area contributed by atoms with Crippen LogP contribution in [0, 0.1) is 10.1 Å². The van der Waals surface area contributed by atoms with Crippen molar-refractivity contribution in [1.82, 2.24) is 4.98 Å². The standard InChI is InChI=1S/C18H15N3O3S/c22-17(13-6-5-11-3-1-2-4-12(11)9-13)20-18-19-15-8-7-14(21(23)24)10-16(15)25-18/h5-10H,1-4H2,(H,19,20,22). The van der Waals surface area contributed by atoms with E-state index in [4.69, 9.17) is 0 Å². The molecule has 6 nitrogen and oxygen atoms in total. The van der Waals surface area contributed by atoms with Crippen LogP contribution >= 0.6 is 11.3 Å². The van der Waals surface area contributed by atoms with E-state index < -0.39 is 4.92 Å². The molecular weight excluding hydrogens is 338 g/mol. The zero-order chi connectivity index (χ0) is 17.4. The number of thiazole rings is 1. The molecule has 4 rings (SSSR count). The number of benzene rings is 2. The van der Waals surface area contributed by atoms with Crippen molar-refractivity contribution in [2.45, 2.75) is 25.7 Å². The second-order valence-corrected chi connectivity index (χ2v) is 7.10. The van der Waals surface area contributed by atoms with E-state index in [0.29, 0.717) is 20.9 Å². The predicted octanol–water partition coefficient (Wildman–Crippen LogP) is 4.34. The van der Waals surface area contributed by atoms with Gasteiger partial charge in [0.15, 0.2) is 5.13 Å². The molecule has 1 aliphatic rings. The Kier molecular flexibility index (Phi) is 3.93. The molecular formula is C18H15N3O3S. The van der Waals surface area contributed by atoms with Gasteiger partial charge in [0.2, 0.25) is 0 Å². The number of non-ortho nitro benzene ring substituents is 1. The van der Waals surface area contributed by atoms with E-state index in [0.717, 1.165) is 19.3 Å². The van der Waals surface area contributed by atoms with E-state index in [2.05, 4.69) is 10.3 Å². The number of carbonyl (C=O) groups is 1. The maximum Gasteiger partial charge on any atom is 0.270 e. The monoisotopic (exact) mass is 353 g/mol. The Morgan fingerprint density at radius 3 is 2.72 bits per heavy atom. The summed E-state index contributed by atoms with van der Waals surface area (Å²) in [6.45, 7) is 0. The Morgan fingerprint density at radius 1 is 1.12 bits per heavy atom. The Hall–Kier alpha value is -2.80. The first kappa shape index (κ1) is 15.7. The zero-order valence-corrected chi connectivity index (χ0v) is 14.1. The van der Waals surface area contributed by atoms with Gasteiger partial charge in [-0.25, -0.2) is 4.98 Å². The molecule has 0 unspecified atom stereocenters. The van der Waals surface area contributed by atoms with Gasteiger partial charge in [0.1, 0.15) is 0 Å². The zero-order valence-electron chi connectivity index (χ0n) is 13.3. The number of carbonyl (C=O) groups excluding carboxylic acids is 1. The van der Waals surface area contributed by atoms with Crippen molar-refractivity contribution in [3.63, 3.8) is 0 Å². The summed E-state index contributed by atoms with van der Waals surface area (Å²) in [6, 6.07) is 10.3. The minimum atomic E-state index is -0.440. The second-order valence-electron chi connectivity index (χ2n) is 6.07. The highest BCUT2D eigenvalue weighted by atomic mass is 32.1. The largest absolute Gasteiger partial charge is 0.298 e. The van der Waals surface area contributed by atoms with Gasteiger partial charge in [0.25, 0.3) is 11.6 Å². The maximum absolute atomic E-state index is 12.5. The molecule has 1 amide bonds. The van der Waals surface area contributed by atoms with Crippen LogP contribution in [-0.2, 0) is 12.8 Å². The van der Waals surface area contributed by atoms with Crippen molar-refractivity contribution >= 4 is 38.3 Å². The minimum Gasteiger partial charge on any atom is -0.298 e. The second kappa shape index (κ2) is 6.25. The average molecular weight is 353 g/mol. The Bertz CT molecular complexity index is 996. The van der Waals surface area contributed by atoms with E-state index in [1.54, 1.807) is 6.07 Å². The number of rotatable bonds is 3. The van der Waals surface area contributed by atoms with E-state index >= 15 is 0 Å². The smallest absolute Gasteiger partial charge is 0.270 e. The van der Waals surface area contributed by atoms with Crippen molar-refractivity contribution in [2.75, 3.05) is 5.32 Å². The van der Waals surface area contributed by atoms with Gasteiger partial charge >= 0.3 is 0 Å². The molecule has 1 aromatic heterocycles. The quantitative estimate of drug-likeness (QED) is 0.561. The third kappa shape index (κ3) is 3.10. The molecule has 0 atom stereocenters. The van der Waals surface area contributed by atoms with Crippen LogP contribution in [0.1, 0.15) is 34.3 Å². The number of hydrogen-bond acceptors (Lipinski definition) is 5. The van der Waals surface area contributed by atoms with Gasteiger partial charge in [-0.05, 0) is 55.0 Å². The number of amides is 1. The van der Waals surface area contributed by atoms with Crippen LogP contribution in [0.2, 0.25) is 0 Å². The molecule has 0 saturated carbocycles. The lowest BCUT2D eigenvalue weighted by molar-refractivity contribution is -0.384. The number of hydrogen-bond donors (Lipinski definition) is 1. The fourth-order valence-corrected chi connectivity index (χ4v) is 4.02.